The fourth-order valence-corrected chi connectivity index (χ4v) is 2.67. The van der Waals surface area contributed by atoms with Crippen molar-refractivity contribution < 1.29 is 14.4 Å². The van der Waals surface area contributed by atoms with Crippen LogP contribution >= 0.6 is 15.9 Å². The molecule has 1 aliphatic carbocycles. The van der Waals surface area contributed by atoms with Crippen LogP contribution in [0.2, 0.25) is 0 Å². The van der Waals surface area contributed by atoms with Crippen molar-refractivity contribution in [2.45, 2.75) is 25.4 Å². The Morgan fingerprint density at radius 1 is 1.53 bits per heavy atom. The summed E-state index contributed by atoms with van der Waals surface area (Å²) >= 11 is 3.01. The van der Waals surface area contributed by atoms with E-state index in [1.165, 1.54) is 6.07 Å². The Hall–Kier alpha value is -1.21. The third kappa shape index (κ3) is 3.22. The van der Waals surface area contributed by atoms with Gasteiger partial charge < -0.3 is 10.4 Å². The number of hydrogen-bond acceptors (Lipinski definition) is 4. The van der Waals surface area contributed by atoms with Crippen LogP contribution < -0.4 is 5.32 Å². The van der Waals surface area contributed by atoms with Gasteiger partial charge in [-0.3, -0.25) is 10.1 Å². The van der Waals surface area contributed by atoms with Crippen molar-refractivity contribution in [2.24, 2.45) is 5.92 Å². The SMILES string of the molecule is O=[N+]([O-])c1cc(F)c(Br)cc1NCC1CCCC1O. The molecule has 0 spiro atoms. The summed E-state index contributed by atoms with van der Waals surface area (Å²) < 4.78 is 13.5. The molecule has 19 heavy (non-hydrogen) atoms. The standard InChI is InChI=1S/C12H14BrFN2O3/c13-8-4-10(11(16(18)19)5-9(8)14)15-6-7-2-1-3-12(7)17/h4-5,7,12,15,17H,1-3,6H2. The van der Waals surface area contributed by atoms with Crippen molar-refractivity contribution in [3.8, 4) is 0 Å². The van der Waals surface area contributed by atoms with Crippen LogP contribution in [0, 0.1) is 21.8 Å². The molecule has 0 saturated heterocycles. The summed E-state index contributed by atoms with van der Waals surface area (Å²) in [6.45, 7) is 0.445. The van der Waals surface area contributed by atoms with Gasteiger partial charge in [-0.25, -0.2) is 4.39 Å². The average Bonchev–Trinajstić information content (AvgIpc) is 2.75. The summed E-state index contributed by atoms with van der Waals surface area (Å²) in [5.74, 6) is -0.582. The number of anilines is 1. The fourth-order valence-electron chi connectivity index (χ4n) is 2.33. The molecule has 2 N–H and O–H groups in total. The normalized spacial score (nSPS) is 22.5. The van der Waals surface area contributed by atoms with Crippen LogP contribution in [-0.2, 0) is 0 Å². The number of nitro groups is 1. The Bertz CT molecular complexity index is 498. The molecule has 0 aliphatic heterocycles. The second-order valence-corrected chi connectivity index (χ2v) is 5.53. The lowest BCUT2D eigenvalue weighted by molar-refractivity contribution is -0.384. The van der Waals surface area contributed by atoms with Crippen molar-refractivity contribution in [1.29, 1.82) is 0 Å². The molecular weight excluding hydrogens is 319 g/mol. The molecule has 1 fully saturated rings. The van der Waals surface area contributed by atoms with Gasteiger partial charge in [-0.05, 0) is 34.8 Å². The molecule has 7 heteroatoms. The van der Waals surface area contributed by atoms with Crippen LogP contribution in [0.1, 0.15) is 19.3 Å². The second kappa shape index (κ2) is 5.83. The largest absolute Gasteiger partial charge is 0.393 e. The third-order valence-electron chi connectivity index (χ3n) is 3.41. The minimum atomic E-state index is -0.668. The van der Waals surface area contributed by atoms with E-state index >= 15 is 0 Å². The van der Waals surface area contributed by atoms with Gasteiger partial charge in [0.1, 0.15) is 11.5 Å². The molecular formula is C12H14BrFN2O3. The zero-order valence-corrected chi connectivity index (χ0v) is 11.7. The average molecular weight is 333 g/mol. The highest BCUT2D eigenvalue weighted by Gasteiger charge is 2.26. The Morgan fingerprint density at radius 2 is 2.26 bits per heavy atom. The fraction of sp³-hybridized carbons (Fsp3) is 0.500. The maximum Gasteiger partial charge on any atom is 0.295 e. The second-order valence-electron chi connectivity index (χ2n) is 4.68. The van der Waals surface area contributed by atoms with Gasteiger partial charge in [0.2, 0.25) is 0 Å². The van der Waals surface area contributed by atoms with Crippen molar-refractivity contribution in [2.75, 3.05) is 11.9 Å². The lowest BCUT2D eigenvalue weighted by atomic mass is 10.1. The van der Waals surface area contributed by atoms with Gasteiger partial charge in [0.05, 0.1) is 21.6 Å². The summed E-state index contributed by atoms with van der Waals surface area (Å²) in [7, 11) is 0. The lowest BCUT2D eigenvalue weighted by Gasteiger charge is -2.16. The minimum Gasteiger partial charge on any atom is -0.393 e. The molecule has 0 bridgehead atoms. The van der Waals surface area contributed by atoms with Crippen LogP contribution in [0.5, 0.6) is 0 Å². The van der Waals surface area contributed by atoms with E-state index in [-0.39, 0.29) is 27.9 Å². The number of nitro benzene ring substituents is 1. The number of aliphatic hydroxyl groups excluding tert-OH is 1. The van der Waals surface area contributed by atoms with E-state index in [2.05, 4.69) is 21.2 Å². The van der Waals surface area contributed by atoms with Crippen LogP contribution in [0.3, 0.4) is 0 Å². The zero-order chi connectivity index (χ0) is 14.0. The van der Waals surface area contributed by atoms with Crippen molar-refractivity contribution in [3.63, 3.8) is 0 Å². The zero-order valence-electron chi connectivity index (χ0n) is 10.1. The minimum absolute atomic E-state index is 0.0865. The molecule has 0 heterocycles. The summed E-state index contributed by atoms with van der Waals surface area (Å²) in [4.78, 5) is 10.3. The van der Waals surface area contributed by atoms with E-state index in [1.807, 2.05) is 0 Å². The molecule has 2 unspecified atom stereocenters. The summed E-state index contributed by atoms with van der Waals surface area (Å²) in [5.41, 5.74) is -0.0365. The number of aliphatic hydroxyl groups is 1. The maximum absolute atomic E-state index is 13.3. The predicted octanol–water partition coefficient (Wildman–Crippen LogP) is 3.07. The summed E-state index contributed by atoms with van der Waals surface area (Å²) in [6.07, 6.45) is 2.25. The first-order valence-corrected chi connectivity index (χ1v) is 6.83. The van der Waals surface area contributed by atoms with Gasteiger partial charge >= 0.3 is 0 Å². The number of benzene rings is 1. The molecule has 104 valence electrons. The van der Waals surface area contributed by atoms with Gasteiger partial charge in [-0.1, -0.05) is 6.42 Å². The molecule has 2 atom stereocenters. The van der Waals surface area contributed by atoms with E-state index in [0.29, 0.717) is 6.54 Å². The highest BCUT2D eigenvalue weighted by molar-refractivity contribution is 9.10. The number of nitrogens with zero attached hydrogens (tertiary/aromatic N) is 1. The first-order chi connectivity index (χ1) is 8.99. The van der Waals surface area contributed by atoms with Gasteiger partial charge in [-0.15, -0.1) is 0 Å². The van der Waals surface area contributed by atoms with Crippen LogP contribution in [0.25, 0.3) is 0 Å². The Labute approximate surface area is 118 Å². The summed E-state index contributed by atoms with van der Waals surface area (Å²) in [5, 5.41) is 23.5. The summed E-state index contributed by atoms with van der Waals surface area (Å²) in [6, 6.07) is 2.24. The van der Waals surface area contributed by atoms with E-state index in [9.17, 15) is 19.6 Å². The molecule has 1 saturated carbocycles. The molecule has 2 rings (SSSR count). The van der Waals surface area contributed by atoms with Crippen molar-refractivity contribution >= 4 is 27.3 Å². The van der Waals surface area contributed by atoms with Gasteiger partial charge in [0, 0.05) is 12.5 Å². The van der Waals surface area contributed by atoms with Crippen LogP contribution in [0.15, 0.2) is 16.6 Å². The molecule has 0 amide bonds. The molecule has 0 aromatic heterocycles. The number of nitrogens with one attached hydrogen (secondary N) is 1. The van der Waals surface area contributed by atoms with Crippen molar-refractivity contribution in [3.05, 3.63) is 32.5 Å². The molecule has 0 radical (unpaired) electrons. The monoisotopic (exact) mass is 332 g/mol. The van der Waals surface area contributed by atoms with Crippen LogP contribution in [0.4, 0.5) is 15.8 Å². The van der Waals surface area contributed by atoms with Gasteiger partial charge in [-0.2, -0.15) is 0 Å². The van der Waals surface area contributed by atoms with E-state index in [0.717, 1.165) is 25.3 Å². The molecule has 1 aromatic rings. The van der Waals surface area contributed by atoms with E-state index in [1.54, 1.807) is 0 Å². The first kappa shape index (κ1) is 14.2. The predicted molar refractivity (Wildman–Crippen MR) is 72.6 cm³/mol. The lowest BCUT2D eigenvalue weighted by Crippen LogP contribution is -2.22. The first-order valence-electron chi connectivity index (χ1n) is 6.04. The highest BCUT2D eigenvalue weighted by Crippen LogP contribution is 2.32. The number of hydrogen-bond donors (Lipinski definition) is 2. The van der Waals surface area contributed by atoms with Gasteiger partial charge in [0.25, 0.3) is 5.69 Å². The number of rotatable bonds is 4. The van der Waals surface area contributed by atoms with Crippen LogP contribution in [-0.4, -0.2) is 22.7 Å². The smallest absolute Gasteiger partial charge is 0.295 e. The maximum atomic E-state index is 13.3. The quantitative estimate of drug-likeness (QED) is 0.656. The Balaban J connectivity index is 2.14. The highest BCUT2D eigenvalue weighted by atomic mass is 79.9. The van der Waals surface area contributed by atoms with Gasteiger partial charge in [0.15, 0.2) is 0 Å². The van der Waals surface area contributed by atoms with Crippen molar-refractivity contribution in [1.82, 2.24) is 0 Å². The molecule has 1 aliphatic rings. The Kier molecular flexibility index (Phi) is 4.36. The molecule has 5 nitrogen and oxygen atoms in total. The topological polar surface area (TPSA) is 75.4 Å². The van der Waals surface area contributed by atoms with E-state index in [4.69, 9.17) is 0 Å². The third-order valence-corrected chi connectivity index (χ3v) is 4.02. The van der Waals surface area contributed by atoms with E-state index < -0.39 is 10.7 Å². The molecule has 1 aromatic carbocycles. The Morgan fingerprint density at radius 3 is 2.84 bits per heavy atom. The number of halogens is 2.